The molecule has 0 aliphatic carbocycles. The van der Waals surface area contributed by atoms with E-state index in [0.29, 0.717) is 6.04 Å². The third-order valence-electron chi connectivity index (χ3n) is 2.66. The molecule has 1 aromatic carbocycles. The lowest BCUT2D eigenvalue weighted by Gasteiger charge is -2.11. The van der Waals surface area contributed by atoms with E-state index < -0.39 is 0 Å². The summed E-state index contributed by atoms with van der Waals surface area (Å²) in [6, 6.07) is 10.6. The number of hydrogen-bond donors (Lipinski definition) is 2. The number of rotatable bonds is 4. The molecule has 2 aromatic rings. The molecule has 0 spiro atoms. The number of halogens is 1. The van der Waals surface area contributed by atoms with Gasteiger partial charge in [0.15, 0.2) is 0 Å². The maximum absolute atomic E-state index is 6.19. The van der Waals surface area contributed by atoms with Crippen LogP contribution in [0.25, 0.3) is 11.3 Å². The lowest BCUT2D eigenvalue weighted by Crippen LogP contribution is -2.21. The highest BCUT2D eigenvalue weighted by atomic mass is 35.5. The van der Waals surface area contributed by atoms with Crippen molar-refractivity contribution in [1.29, 1.82) is 0 Å². The summed E-state index contributed by atoms with van der Waals surface area (Å²) in [6.07, 6.45) is 1.93. The first-order valence-corrected chi connectivity index (χ1v) is 6.20. The Labute approximate surface area is 107 Å². The number of hydrogen-bond acceptors (Lipinski definition) is 1. The molecule has 0 saturated carbocycles. The molecule has 17 heavy (non-hydrogen) atoms. The minimum absolute atomic E-state index is 0.459. The van der Waals surface area contributed by atoms with Gasteiger partial charge in [-0.3, -0.25) is 0 Å². The normalized spacial score (nSPS) is 11.1. The molecule has 2 nitrogen and oxygen atoms in total. The van der Waals surface area contributed by atoms with Gasteiger partial charge in [0, 0.05) is 29.5 Å². The van der Waals surface area contributed by atoms with Crippen LogP contribution < -0.4 is 5.32 Å². The van der Waals surface area contributed by atoms with E-state index in [1.54, 1.807) is 0 Å². The summed E-state index contributed by atoms with van der Waals surface area (Å²) in [5.41, 5.74) is 3.42. The zero-order chi connectivity index (χ0) is 12.3. The van der Waals surface area contributed by atoms with Crippen LogP contribution in [0.3, 0.4) is 0 Å². The fourth-order valence-electron chi connectivity index (χ4n) is 1.70. The standard InChI is InChI=1S/C14H17ClN2/c1-10(2)17-9-12-8-11(5-6-13(12)15)14-4-3-7-16-14/h3-8,10,16-17H,9H2,1-2H3. The molecule has 1 heterocycles. The molecule has 2 rings (SSSR count). The van der Waals surface area contributed by atoms with Gasteiger partial charge in [-0.2, -0.15) is 0 Å². The predicted molar refractivity (Wildman–Crippen MR) is 73.2 cm³/mol. The molecule has 0 fully saturated rings. The first-order chi connectivity index (χ1) is 8.16. The number of aromatic amines is 1. The summed E-state index contributed by atoms with van der Waals surface area (Å²) in [7, 11) is 0. The number of H-pyrrole nitrogens is 1. The Hall–Kier alpha value is -1.25. The van der Waals surface area contributed by atoms with Gasteiger partial charge in [0.1, 0.15) is 0 Å². The Bertz CT molecular complexity index is 475. The lowest BCUT2D eigenvalue weighted by atomic mass is 10.1. The van der Waals surface area contributed by atoms with Gasteiger partial charge in [-0.25, -0.2) is 0 Å². The van der Waals surface area contributed by atoms with E-state index in [2.05, 4.69) is 36.3 Å². The van der Waals surface area contributed by atoms with Crippen molar-refractivity contribution < 1.29 is 0 Å². The molecule has 0 unspecified atom stereocenters. The molecular weight excluding hydrogens is 232 g/mol. The number of nitrogens with one attached hydrogen (secondary N) is 2. The van der Waals surface area contributed by atoms with E-state index in [1.165, 1.54) is 5.56 Å². The second-order valence-electron chi connectivity index (χ2n) is 4.43. The van der Waals surface area contributed by atoms with E-state index >= 15 is 0 Å². The average molecular weight is 249 g/mol. The number of aromatic nitrogens is 1. The molecule has 0 aliphatic heterocycles. The van der Waals surface area contributed by atoms with Gasteiger partial charge < -0.3 is 10.3 Å². The third kappa shape index (κ3) is 3.11. The topological polar surface area (TPSA) is 27.8 Å². The van der Waals surface area contributed by atoms with Gasteiger partial charge >= 0.3 is 0 Å². The van der Waals surface area contributed by atoms with Crippen molar-refractivity contribution in [2.45, 2.75) is 26.4 Å². The zero-order valence-corrected chi connectivity index (χ0v) is 10.9. The average Bonchev–Trinajstić information content (AvgIpc) is 2.81. The molecule has 3 heteroatoms. The SMILES string of the molecule is CC(C)NCc1cc(-c2ccc[nH]2)ccc1Cl. The Morgan fingerprint density at radius 1 is 1.29 bits per heavy atom. The van der Waals surface area contributed by atoms with Crippen LogP contribution in [0.1, 0.15) is 19.4 Å². The fraction of sp³-hybridized carbons (Fsp3) is 0.286. The zero-order valence-electron chi connectivity index (χ0n) is 10.1. The van der Waals surface area contributed by atoms with Crippen LogP contribution in [-0.4, -0.2) is 11.0 Å². The summed E-state index contributed by atoms with van der Waals surface area (Å²) in [4.78, 5) is 3.20. The first kappa shape index (κ1) is 12.2. The van der Waals surface area contributed by atoms with Crippen LogP contribution in [0.2, 0.25) is 5.02 Å². The summed E-state index contributed by atoms with van der Waals surface area (Å²) >= 11 is 6.19. The quantitative estimate of drug-likeness (QED) is 0.846. The lowest BCUT2D eigenvalue weighted by molar-refractivity contribution is 0.589. The Morgan fingerprint density at radius 3 is 2.76 bits per heavy atom. The van der Waals surface area contributed by atoms with Crippen molar-refractivity contribution in [2.75, 3.05) is 0 Å². The van der Waals surface area contributed by atoms with E-state index in [9.17, 15) is 0 Å². The smallest absolute Gasteiger partial charge is 0.0454 e. The molecule has 0 radical (unpaired) electrons. The molecular formula is C14H17ClN2. The second kappa shape index (κ2) is 5.39. The van der Waals surface area contributed by atoms with Gasteiger partial charge in [0.2, 0.25) is 0 Å². The van der Waals surface area contributed by atoms with Crippen LogP contribution in [0.15, 0.2) is 36.5 Å². The molecule has 2 N–H and O–H groups in total. The second-order valence-corrected chi connectivity index (χ2v) is 4.83. The fourth-order valence-corrected chi connectivity index (χ4v) is 1.89. The summed E-state index contributed by atoms with van der Waals surface area (Å²) < 4.78 is 0. The number of benzene rings is 1. The Kier molecular flexibility index (Phi) is 3.87. The van der Waals surface area contributed by atoms with E-state index in [0.717, 1.165) is 22.8 Å². The summed E-state index contributed by atoms with van der Waals surface area (Å²) in [5, 5.41) is 4.19. The van der Waals surface area contributed by atoms with Crippen LogP contribution in [-0.2, 0) is 6.54 Å². The Balaban J connectivity index is 2.23. The molecule has 0 saturated heterocycles. The molecule has 90 valence electrons. The minimum atomic E-state index is 0.459. The summed E-state index contributed by atoms with van der Waals surface area (Å²) in [6.45, 7) is 5.05. The maximum Gasteiger partial charge on any atom is 0.0454 e. The summed E-state index contributed by atoms with van der Waals surface area (Å²) in [5.74, 6) is 0. The van der Waals surface area contributed by atoms with Crippen molar-refractivity contribution in [1.82, 2.24) is 10.3 Å². The van der Waals surface area contributed by atoms with Crippen LogP contribution in [0, 0.1) is 0 Å². The molecule has 0 bridgehead atoms. The largest absolute Gasteiger partial charge is 0.361 e. The Morgan fingerprint density at radius 2 is 2.12 bits per heavy atom. The molecule has 1 aromatic heterocycles. The van der Waals surface area contributed by atoms with Gasteiger partial charge in [-0.15, -0.1) is 0 Å². The molecule has 0 atom stereocenters. The van der Waals surface area contributed by atoms with Gasteiger partial charge in [0.25, 0.3) is 0 Å². The van der Waals surface area contributed by atoms with Gasteiger partial charge in [-0.1, -0.05) is 31.5 Å². The van der Waals surface area contributed by atoms with Crippen molar-refractivity contribution in [3.63, 3.8) is 0 Å². The van der Waals surface area contributed by atoms with Crippen molar-refractivity contribution in [3.05, 3.63) is 47.1 Å². The van der Waals surface area contributed by atoms with E-state index in [-0.39, 0.29) is 0 Å². The minimum Gasteiger partial charge on any atom is -0.361 e. The third-order valence-corrected chi connectivity index (χ3v) is 3.02. The maximum atomic E-state index is 6.19. The van der Waals surface area contributed by atoms with Crippen molar-refractivity contribution >= 4 is 11.6 Å². The van der Waals surface area contributed by atoms with Crippen LogP contribution in [0.4, 0.5) is 0 Å². The highest BCUT2D eigenvalue weighted by molar-refractivity contribution is 6.31. The van der Waals surface area contributed by atoms with E-state index in [1.807, 2.05) is 24.4 Å². The first-order valence-electron chi connectivity index (χ1n) is 5.82. The monoisotopic (exact) mass is 248 g/mol. The van der Waals surface area contributed by atoms with Gasteiger partial charge in [-0.05, 0) is 35.4 Å². The van der Waals surface area contributed by atoms with Gasteiger partial charge in [0.05, 0.1) is 0 Å². The van der Waals surface area contributed by atoms with Crippen LogP contribution >= 0.6 is 11.6 Å². The van der Waals surface area contributed by atoms with Crippen LogP contribution in [0.5, 0.6) is 0 Å². The predicted octanol–water partition coefficient (Wildman–Crippen LogP) is 3.83. The van der Waals surface area contributed by atoms with Crippen molar-refractivity contribution in [3.8, 4) is 11.3 Å². The highest BCUT2D eigenvalue weighted by Crippen LogP contribution is 2.24. The molecule has 0 amide bonds. The van der Waals surface area contributed by atoms with Crippen molar-refractivity contribution in [2.24, 2.45) is 0 Å². The highest BCUT2D eigenvalue weighted by Gasteiger charge is 2.05. The molecule has 0 aliphatic rings. The van der Waals surface area contributed by atoms with E-state index in [4.69, 9.17) is 11.6 Å².